The second-order valence-electron chi connectivity index (χ2n) is 6.24. The van der Waals surface area contributed by atoms with Crippen LogP contribution in [0.15, 0.2) is 12.1 Å². The van der Waals surface area contributed by atoms with Gasteiger partial charge in [-0.05, 0) is 49.4 Å². The van der Waals surface area contributed by atoms with Gasteiger partial charge < -0.3 is 15.4 Å². The van der Waals surface area contributed by atoms with Crippen molar-refractivity contribution < 1.29 is 18.3 Å². The smallest absolute Gasteiger partial charge is 0.387 e. The van der Waals surface area contributed by atoms with Crippen molar-refractivity contribution in [3.05, 3.63) is 28.8 Å². The van der Waals surface area contributed by atoms with E-state index in [2.05, 4.69) is 4.74 Å². The van der Waals surface area contributed by atoms with Crippen molar-refractivity contribution in [1.82, 2.24) is 4.90 Å². The number of nitrogens with zero attached hydrogens (tertiary/aromatic N) is 1. The van der Waals surface area contributed by atoms with E-state index in [-0.39, 0.29) is 30.1 Å². The predicted octanol–water partition coefficient (Wildman–Crippen LogP) is 3.77. The summed E-state index contributed by atoms with van der Waals surface area (Å²) in [5, 5.41) is 0. The summed E-state index contributed by atoms with van der Waals surface area (Å²) >= 11 is 0. The van der Waals surface area contributed by atoms with Gasteiger partial charge in [-0.3, -0.25) is 4.79 Å². The number of ether oxygens (including phenoxy) is 1. The van der Waals surface area contributed by atoms with E-state index in [1.165, 1.54) is 0 Å². The first-order valence-corrected chi connectivity index (χ1v) is 7.70. The highest BCUT2D eigenvalue weighted by molar-refractivity contribution is 5.94. The van der Waals surface area contributed by atoms with E-state index in [0.717, 1.165) is 0 Å². The van der Waals surface area contributed by atoms with Gasteiger partial charge in [-0.25, -0.2) is 0 Å². The minimum absolute atomic E-state index is 0. The van der Waals surface area contributed by atoms with Crippen LogP contribution >= 0.6 is 12.4 Å². The van der Waals surface area contributed by atoms with Crippen molar-refractivity contribution in [2.24, 2.45) is 11.7 Å². The molecule has 0 spiro atoms. The Morgan fingerprint density at radius 3 is 2.17 bits per heavy atom. The zero-order valence-electron chi connectivity index (χ0n) is 14.8. The Kier molecular flexibility index (Phi) is 9.22. The van der Waals surface area contributed by atoms with E-state index in [1.807, 2.05) is 13.8 Å². The van der Waals surface area contributed by atoms with Crippen LogP contribution < -0.4 is 10.5 Å². The van der Waals surface area contributed by atoms with Crippen LogP contribution in [0.2, 0.25) is 0 Å². The molecule has 7 heteroatoms. The van der Waals surface area contributed by atoms with E-state index in [4.69, 9.17) is 5.73 Å². The summed E-state index contributed by atoms with van der Waals surface area (Å²) in [6.45, 7) is 5.05. The third-order valence-corrected chi connectivity index (χ3v) is 3.92. The van der Waals surface area contributed by atoms with Crippen LogP contribution in [0.4, 0.5) is 8.78 Å². The Morgan fingerprint density at radius 2 is 1.75 bits per heavy atom. The third kappa shape index (κ3) is 6.24. The van der Waals surface area contributed by atoms with Crippen molar-refractivity contribution in [3.63, 3.8) is 0 Å². The Morgan fingerprint density at radius 1 is 1.25 bits per heavy atom. The molecule has 2 N–H and O–H groups in total. The standard InChI is InChI=1S/C17H26F2N2O2.ClH/c1-10(2)14(20)6-7-21(5)16(22)13-8-11(3)15(12(4)9-13)23-17(18)19;/h8-10,14,17H,6-7,20H2,1-5H3;1H. The highest BCUT2D eigenvalue weighted by Gasteiger charge is 2.18. The number of aryl methyl sites for hydroxylation is 2. The molecule has 0 radical (unpaired) electrons. The first-order valence-electron chi connectivity index (χ1n) is 7.70. The predicted molar refractivity (Wildman–Crippen MR) is 94.2 cm³/mol. The van der Waals surface area contributed by atoms with Crippen LogP contribution in [0.25, 0.3) is 0 Å². The maximum absolute atomic E-state index is 12.5. The maximum Gasteiger partial charge on any atom is 0.387 e. The lowest BCUT2D eigenvalue weighted by Gasteiger charge is -2.22. The number of carbonyl (C=O) groups excluding carboxylic acids is 1. The zero-order valence-corrected chi connectivity index (χ0v) is 15.6. The van der Waals surface area contributed by atoms with Crippen LogP contribution in [0.3, 0.4) is 0 Å². The summed E-state index contributed by atoms with van der Waals surface area (Å²) < 4.78 is 29.3. The lowest BCUT2D eigenvalue weighted by atomic mass is 10.0. The largest absolute Gasteiger partial charge is 0.434 e. The number of nitrogens with two attached hydrogens (primary N) is 1. The van der Waals surface area contributed by atoms with Gasteiger partial charge >= 0.3 is 6.61 Å². The van der Waals surface area contributed by atoms with Gasteiger partial charge in [0.2, 0.25) is 0 Å². The van der Waals surface area contributed by atoms with Crippen molar-refractivity contribution >= 4 is 18.3 Å². The van der Waals surface area contributed by atoms with Crippen molar-refractivity contribution in [1.29, 1.82) is 0 Å². The molecule has 0 aliphatic carbocycles. The number of carbonyl (C=O) groups is 1. The van der Waals surface area contributed by atoms with Crippen molar-refractivity contribution in [3.8, 4) is 5.75 Å². The van der Waals surface area contributed by atoms with E-state index >= 15 is 0 Å². The van der Waals surface area contributed by atoms with Gasteiger partial charge in [-0.1, -0.05) is 13.8 Å². The van der Waals surface area contributed by atoms with E-state index < -0.39 is 6.61 Å². The summed E-state index contributed by atoms with van der Waals surface area (Å²) in [7, 11) is 1.71. The van der Waals surface area contributed by atoms with Crippen LogP contribution in [0.1, 0.15) is 41.8 Å². The fourth-order valence-corrected chi connectivity index (χ4v) is 2.35. The van der Waals surface area contributed by atoms with Gasteiger partial charge in [0.1, 0.15) is 5.75 Å². The molecule has 0 saturated heterocycles. The highest BCUT2D eigenvalue weighted by Crippen LogP contribution is 2.27. The molecule has 1 unspecified atom stereocenters. The number of amides is 1. The Balaban J connectivity index is 0.00000529. The van der Waals surface area contributed by atoms with Crippen molar-refractivity contribution in [2.75, 3.05) is 13.6 Å². The summed E-state index contributed by atoms with van der Waals surface area (Å²) in [6, 6.07) is 3.19. The molecule has 1 amide bonds. The number of benzene rings is 1. The summed E-state index contributed by atoms with van der Waals surface area (Å²) in [4.78, 5) is 14.1. The Labute approximate surface area is 148 Å². The summed E-state index contributed by atoms with van der Waals surface area (Å²) in [5.74, 6) is 0.325. The fraction of sp³-hybridized carbons (Fsp3) is 0.588. The van der Waals surface area contributed by atoms with Crippen molar-refractivity contribution in [2.45, 2.75) is 46.8 Å². The normalized spacial score (nSPS) is 12.1. The molecule has 138 valence electrons. The SMILES string of the molecule is Cc1cc(C(=O)N(C)CCC(N)C(C)C)cc(C)c1OC(F)F.Cl. The average molecular weight is 365 g/mol. The first kappa shape index (κ1) is 22.6. The maximum atomic E-state index is 12.5. The van der Waals surface area contributed by atoms with Crippen LogP contribution in [0, 0.1) is 19.8 Å². The molecular weight excluding hydrogens is 338 g/mol. The Bertz CT molecular complexity index is 530. The number of hydrogen-bond acceptors (Lipinski definition) is 3. The molecular formula is C17H27ClF2N2O2. The monoisotopic (exact) mass is 364 g/mol. The van der Waals surface area contributed by atoms with Gasteiger partial charge in [0.15, 0.2) is 0 Å². The highest BCUT2D eigenvalue weighted by atomic mass is 35.5. The van der Waals surface area contributed by atoms with Gasteiger partial charge in [0.05, 0.1) is 0 Å². The van der Waals surface area contributed by atoms with Gasteiger partial charge in [0, 0.05) is 25.2 Å². The summed E-state index contributed by atoms with van der Waals surface area (Å²) in [5.41, 5.74) is 7.48. The number of alkyl halides is 2. The zero-order chi connectivity index (χ0) is 17.7. The second kappa shape index (κ2) is 9.79. The first-order chi connectivity index (χ1) is 10.6. The van der Waals surface area contributed by atoms with E-state index in [9.17, 15) is 13.6 Å². The molecule has 24 heavy (non-hydrogen) atoms. The van der Waals surface area contributed by atoms with Gasteiger partial charge in [0.25, 0.3) is 5.91 Å². The summed E-state index contributed by atoms with van der Waals surface area (Å²) in [6.07, 6.45) is 0.713. The van der Waals surface area contributed by atoms with Gasteiger partial charge in [-0.15, -0.1) is 12.4 Å². The molecule has 1 atom stereocenters. The quantitative estimate of drug-likeness (QED) is 0.801. The Hall–Kier alpha value is -1.40. The molecule has 1 aromatic rings. The molecule has 0 aliphatic rings. The number of halogens is 3. The number of rotatable bonds is 7. The van der Waals surface area contributed by atoms with Crippen LogP contribution in [0.5, 0.6) is 5.75 Å². The van der Waals surface area contributed by atoms with Crippen LogP contribution in [-0.2, 0) is 0 Å². The molecule has 0 bridgehead atoms. The minimum Gasteiger partial charge on any atom is -0.434 e. The van der Waals surface area contributed by atoms with E-state index in [0.29, 0.717) is 35.6 Å². The molecule has 1 rings (SSSR count). The van der Waals surface area contributed by atoms with Gasteiger partial charge in [-0.2, -0.15) is 8.78 Å². The van der Waals surface area contributed by atoms with Crippen LogP contribution in [-0.4, -0.2) is 37.1 Å². The second-order valence-corrected chi connectivity index (χ2v) is 6.24. The molecule has 0 saturated carbocycles. The molecule has 0 heterocycles. The average Bonchev–Trinajstić information content (AvgIpc) is 2.46. The molecule has 4 nitrogen and oxygen atoms in total. The molecule has 0 fully saturated rings. The lowest BCUT2D eigenvalue weighted by molar-refractivity contribution is -0.0507. The topological polar surface area (TPSA) is 55.6 Å². The molecule has 0 aliphatic heterocycles. The third-order valence-electron chi connectivity index (χ3n) is 3.92. The minimum atomic E-state index is -2.88. The van der Waals surface area contributed by atoms with E-state index in [1.54, 1.807) is 37.9 Å². The molecule has 0 aromatic heterocycles. The molecule has 1 aromatic carbocycles. The lowest BCUT2D eigenvalue weighted by Crippen LogP contribution is -2.34. The fourth-order valence-electron chi connectivity index (χ4n) is 2.35. The number of hydrogen-bond donors (Lipinski definition) is 1.